The lowest BCUT2D eigenvalue weighted by atomic mass is 9.82. The number of methoxy groups -OCH3 is 1. The van der Waals surface area contributed by atoms with Gasteiger partial charge in [0.1, 0.15) is 5.75 Å². The van der Waals surface area contributed by atoms with Crippen LogP contribution < -0.4 is 4.74 Å². The van der Waals surface area contributed by atoms with Gasteiger partial charge in [0.25, 0.3) is 0 Å². The monoisotopic (exact) mass is 459 g/mol. The van der Waals surface area contributed by atoms with Crippen LogP contribution in [-0.2, 0) is 24.3 Å². The lowest BCUT2D eigenvalue weighted by molar-refractivity contribution is -0.143. The highest BCUT2D eigenvalue weighted by molar-refractivity contribution is 5.43. The van der Waals surface area contributed by atoms with E-state index in [4.69, 9.17) is 4.74 Å². The zero-order valence-electron chi connectivity index (χ0n) is 17.9. The maximum absolute atomic E-state index is 13.4. The molecule has 1 fully saturated rings. The molecule has 1 unspecified atom stereocenters. The summed E-state index contributed by atoms with van der Waals surface area (Å²) in [5.74, 6) is 0.476. The lowest BCUT2D eigenvalue weighted by Crippen LogP contribution is -2.54. The fraction of sp³-hybridized carbons (Fsp3) is 0.435. The second kappa shape index (κ2) is 8.94. The molecule has 1 aliphatic heterocycles. The van der Waals surface area contributed by atoms with Crippen LogP contribution in [0.1, 0.15) is 22.3 Å². The van der Waals surface area contributed by atoms with Crippen LogP contribution in [0.15, 0.2) is 42.5 Å². The van der Waals surface area contributed by atoms with Gasteiger partial charge < -0.3 is 9.64 Å². The van der Waals surface area contributed by atoms with Crippen LogP contribution in [0.2, 0.25) is 0 Å². The Bertz CT molecular complexity index is 903. The van der Waals surface area contributed by atoms with Crippen molar-refractivity contribution in [2.75, 3.05) is 40.3 Å². The summed E-state index contributed by atoms with van der Waals surface area (Å²) < 4.78 is 85.8. The van der Waals surface area contributed by atoms with Crippen molar-refractivity contribution in [2.45, 2.75) is 24.3 Å². The molecule has 2 aromatic carbocycles. The molecular weight excluding hydrogens is 434 g/mol. The fourth-order valence-corrected chi connectivity index (χ4v) is 4.10. The first-order valence-corrected chi connectivity index (χ1v) is 10.1. The third-order valence-corrected chi connectivity index (χ3v) is 5.86. The van der Waals surface area contributed by atoms with Crippen molar-refractivity contribution in [3.05, 3.63) is 71.6 Å². The third kappa shape index (κ3) is 5.20. The molecule has 0 spiro atoms. The Morgan fingerprint density at radius 1 is 0.875 bits per heavy atom. The summed E-state index contributed by atoms with van der Waals surface area (Å²) in [5.41, 5.74) is -3.27. The van der Waals surface area contributed by atoms with Crippen LogP contribution in [0.3, 0.4) is 0 Å². The summed E-state index contributed by atoms with van der Waals surface area (Å²) in [4.78, 5) is 4.10. The van der Waals surface area contributed by atoms with Crippen LogP contribution in [0.5, 0.6) is 5.75 Å². The fourth-order valence-electron chi connectivity index (χ4n) is 4.10. The Kier molecular flexibility index (Phi) is 6.81. The van der Waals surface area contributed by atoms with Gasteiger partial charge in [-0.05, 0) is 50.2 Å². The van der Waals surface area contributed by atoms with Crippen molar-refractivity contribution in [1.82, 2.24) is 9.80 Å². The van der Waals surface area contributed by atoms with Crippen molar-refractivity contribution in [2.24, 2.45) is 0 Å². The van der Waals surface area contributed by atoms with Crippen LogP contribution in [0.25, 0.3) is 0 Å². The molecule has 175 valence electrons. The molecule has 0 saturated carbocycles. The minimum Gasteiger partial charge on any atom is -0.496 e. The number of alkyl halides is 6. The van der Waals surface area contributed by atoms with Gasteiger partial charge in [-0.25, -0.2) is 0 Å². The second-order valence-electron chi connectivity index (χ2n) is 8.11. The number of hydrogen-bond donors (Lipinski definition) is 0. The molecule has 1 atom stereocenters. The number of likely N-dealkylation sites (N-methyl/N-ethyl adjacent to an activating group) is 1. The zero-order chi connectivity index (χ0) is 23.7. The normalized spacial score (nSPS) is 18.4. The molecule has 1 saturated heterocycles. The zero-order valence-corrected chi connectivity index (χ0v) is 17.9. The van der Waals surface area contributed by atoms with Gasteiger partial charge in [0.15, 0.2) is 0 Å². The number of piperazine rings is 1. The van der Waals surface area contributed by atoms with E-state index < -0.39 is 29.0 Å². The molecule has 0 amide bonds. The van der Waals surface area contributed by atoms with Crippen LogP contribution >= 0.6 is 0 Å². The topological polar surface area (TPSA) is 15.7 Å². The minimum atomic E-state index is -4.90. The smallest absolute Gasteiger partial charge is 0.416 e. The molecule has 1 radical (unpaired) electrons. The van der Waals surface area contributed by atoms with Crippen LogP contribution in [0, 0.1) is 6.92 Å². The van der Waals surface area contributed by atoms with E-state index in [9.17, 15) is 26.3 Å². The van der Waals surface area contributed by atoms with E-state index >= 15 is 0 Å². The molecule has 0 bridgehead atoms. The number of hydrogen-bond acceptors (Lipinski definition) is 3. The maximum atomic E-state index is 13.4. The number of rotatable bonds is 5. The van der Waals surface area contributed by atoms with Gasteiger partial charge in [-0.3, -0.25) is 4.90 Å². The highest BCUT2D eigenvalue weighted by atomic mass is 19.4. The van der Waals surface area contributed by atoms with Crippen molar-refractivity contribution in [3.8, 4) is 5.75 Å². The first kappa shape index (κ1) is 24.4. The van der Waals surface area contributed by atoms with Crippen molar-refractivity contribution >= 4 is 0 Å². The number of halogens is 6. The highest BCUT2D eigenvalue weighted by Crippen LogP contribution is 2.41. The quantitative estimate of drug-likeness (QED) is 0.568. The predicted molar refractivity (Wildman–Crippen MR) is 109 cm³/mol. The first-order valence-electron chi connectivity index (χ1n) is 10.1. The number of para-hydroxylation sites is 1. The largest absolute Gasteiger partial charge is 0.496 e. The summed E-state index contributed by atoms with van der Waals surface area (Å²) >= 11 is 0. The third-order valence-electron chi connectivity index (χ3n) is 5.86. The number of benzene rings is 2. The maximum Gasteiger partial charge on any atom is 0.416 e. The van der Waals surface area contributed by atoms with Crippen LogP contribution in [-0.4, -0.2) is 50.1 Å². The SMILES string of the molecule is [CH2]C(Cc1cc(C(F)(F)F)cc(C(F)(F)F)c1)(c1ccccc1OC)N1CCN(C)CC1. The summed E-state index contributed by atoms with van der Waals surface area (Å²) in [6.45, 7) is 6.85. The Morgan fingerprint density at radius 3 is 1.91 bits per heavy atom. The van der Waals surface area contributed by atoms with Gasteiger partial charge in [-0.1, -0.05) is 18.2 Å². The van der Waals surface area contributed by atoms with E-state index in [-0.39, 0.29) is 18.1 Å². The summed E-state index contributed by atoms with van der Waals surface area (Å²) in [5, 5.41) is 0. The Balaban J connectivity index is 2.13. The number of ether oxygens (including phenoxy) is 1. The molecule has 3 nitrogen and oxygen atoms in total. The molecule has 9 heteroatoms. The van der Waals surface area contributed by atoms with Crippen molar-refractivity contribution < 1.29 is 31.1 Å². The van der Waals surface area contributed by atoms with E-state index in [1.54, 1.807) is 24.3 Å². The molecular formula is C23H25F6N2O. The Morgan fingerprint density at radius 2 is 1.41 bits per heavy atom. The molecule has 0 N–H and O–H groups in total. The molecule has 32 heavy (non-hydrogen) atoms. The van der Waals surface area contributed by atoms with Gasteiger partial charge in [0.2, 0.25) is 0 Å². The first-order chi connectivity index (χ1) is 14.8. The van der Waals surface area contributed by atoms with E-state index in [0.29, 0.717) is 37.5 Å². The van der Waals surface area contributed by atoms with E-state index in [0.717, 1.165) is 12.1 Å². The van der Waals surface area contributed by atoms with Crippen molar-refractivity contribution in [3.63, 3.8) is 0 Å². The summed E-state index contributed by atoms with van der Waals surface area (Å²) in [7, 11) is 3.42. The van der Waals surface area contributed by atoms with Gasteiger partial charge in [0.05, 0.1) is 23.8 Å². The van der Waals surface area contributed by atoms with Gasteiger partial charge >= 0.3 is 12.4 Å². The Hall–Kier alpha value is -2.26. The second-order valence-corrected chi connectivity index (χ2v) is 8.11. The lowest BCUT2D eigenvalue weighted by Gasteiger charge is -2.46. The molecule has 1 aliphatic rings. The standard InChI is InChI=1S/C23H25F6N2O/c1-21(31-10-8-30(2)9-11-31,19-6-4-5-7-20(19)32-3)15-16-12-17(22(24,25)26)14-18(13-16)23(27,28)29/h4-7,12-14H,1,8-11,15H2,2-3H3. The Labute approximate surface area is 183 Å². The van der Waals surface area contributed by atoms with E-state index in [1.165, 1.54) is 7.11 Å². The van der Waals surface area contributed by atoms with Crippen LogP contribution in [0.4, 0.5) is 26.3 Å². The van der Waals surface area contributed by atoms with E-state index in [1.807, 2.05) is 11.9 Å². The molecule has 3 rings (SSSR count). The molecule has 0 aromatic heterocycles. The van der Waals surface area contributed by atoms with E-state index in [2.05, 4.69) is 11.8 Å². The van der Waals surface area contributed by atoms with Crippen molar-refractivity contribution in [1.29, 1.82) is 0 Å². The highest BCUT2D eigenvalue weighted by Gasteiger charge is 2.41. The summed E-state index contributed by atoms with van der Waals surface area (Å²) in [6.07, 6.45) is -9.96. The van der Waals surface area contributed by atoms with Gasteiger partial charge in [-0.15, -0.1) is 0 Å². The average molecular weight is 459 g/mol. The number of nitrogens with zero attached hydrogens (tertiary/aromatic N) is 2. The van der Waals surface area contributed by atoms with Gasteiger partial charge in [0, 0.05) is 31.7 Å². The molecule has 0 aliphatic carbocycles. The molecule has 2 aromatic rings. The molecule has 1 heterocycles. The predicted octanol–water partition coefficient (Wildman–Crippen LogP) is 5.25. The minimum absolute atomic E-state index is 0.0908. The summed E-state index contributed by atoms with van der Waals surface area (Å²) in [6, 6.07) is 8.66. The average Bonchev–Trinajstić information content (AvgIpc) is 2.72. The van der Waals surface area contributed by atoms with Gasteiger partial charge in [-0.2, -0.15) is 26.3 Å².